The van der Waals surface area contributed by atoms with Crippen LogP contribution in [0.4, 0.5) is 0 Å². The average molecular weight is 196 g/mol. The fourth-order valence-corrected chi connectivity index (χ4v) is 2.73. The van der Waals surface area contributed by atoms with Crippen LogP contribution < -0.4 is 5.73 Å². The smallest absolute Gasteiger partial charge is 0.240 e. The number of rotatable bonds is 2. The third kappa shape index (κ3) is 1.44. The van der Waals surface area contributed by atoms with Gasteiger partial charge in [-0.15, -0.1) is 0 Å². The molecule has 2 aliphatic heterocycles. The molecule has 2 fully saturated rings. The van der Waals surface area contributed by atoms with Gasteiger partial charge in [-0.2, -0.15) is 0 Å². The minimum absolute atomic E-state index is 0.185. The lowest BCUT2D eigenvalue weighted by molar-refractivity contribution is -0.134. The third-order valence-electron chi connectivity index (χ3n) is 3.71. The second-order valence-corrected chi connectivity index (χ2v) is 4.98. The van der Waals surface area contributed by atoms with Crippen LogP contribution in [0.1, 0.15) is 39.5 Å². The van der Waals surface area contributed by atoms with E-state index in [1.165, 1.54) is 25.7 Å². The Morgan fingerprint density at radius 2 is 1.64 bits per heavy atom. The molecule has 80 valence electrons. The SMILES string of the molecule is CC(C)[C@H](N)C(=O)N1C2CCC1CC2. The number of nitrogens with zero attached hydrogens (tertiary/aromatic N) is 1. The molecule has 3 heteroatoms. The second-order valence-electron chi connectivity index (χ2n) is 4.98. The van der Waals surface area contributed by atoms with Gasteiger partial charge in [-0.05, 0) is 31.6 Å². The first kappa shape index (κ1) is 9.97. The van der Waals surface area contributed by atoms with Crippen molar-refractivity contribution in [1.29, 1.82) is 0 Å². The van der Waals surface area contributed by atoms with Crippen molar-refractivity contribution in [3.05, 3.63) is 0 Å². The first-order chi connectivity index (χ1) is 6.61. The summed E-state index contributed by atoms with van der Waals surface area (Å²) in [4.78, 5) is 14.1. The summed E-state index contributed by atoms with van der Waals surface area (Å²) in [6.45, 7) is 4.03. The summed E-state index contributed by atoms with van der Waals surface area (Å²) in [5.74, 6) is 0.438. The van der Waals surface area contributed by atoms with E-state index < -0.39 is 0 Å². The molecular formula is C11H20N2O. The first-order valence-electron chi connectivity index (χ1n) is 5.69. The van der Waals surface area contributed by atoms with E-state index in [-0.39, 0.29) is 17.9 Å². The van der Waals surface area contributed by atoms with E-state index in [0.717, 1.165) is 0 Å². The molecule has 2 aliphatic rings. The predicted molar refractivity (Wildman–Crippen MR) is 55.7 cm³/mol. The van der Waals surface area contributed by atoms with Crippen LogP contribution in [0, 0.1) is 5.92 Å². The topological polar surface area (TPSA) is 46.3 Å². The molecule has 2 rings (SSSR count). The summed E-state index contributed by atoms with van der Waals surface area (Å²) in [6.07, 6.45) is 4.78. The van der Waals surface area contributed by atoms with Crippen molar-refractivity contribution in [2.45, 2.75) is 57.7 Å². The van der Waals surface area contributed by atoms with Gasteiger partial charge in [0.2, 0.25) is 5.91 Å². The van der Waals surface area contributed by atoms with Gasteiger partial charge in [-0.3, -0.25) is 4.79 Å². The third-order valence-corrected chi connectivity index (χ3v) is 3.71. The number of hydrogen-bond acceptors (Lipinski definition) is 2. The number of hydrogen-bond donors (Lipinski definition) is 1. The molecule has 0 unspecified atom stereocenters. The number of fused-ring (bicyclic) bond motifs is 2. The van der Waals surface area contributed by atoms with Crippen molar-refractivity contribution in [3.63, 3.8) is 0 Å². The highest BCUT2D eigenvalue weighted by Crippen LogP contribution is 2.37. The summed E-state index contributed by atoms with van der Waals surface area (Å²) in [7, 11) is 0. The zero-order chi connectivity index (χ0) is 10.3. The summed E-state index contributed by atoms with van der Waals surface area (Å²) >= 11 is 0. The lowest BCUT2D eigenvalue weighted by atomic mass is 10.0. The predicted octanol–water partition coefficient (Wildman–Crippen LogP) is 1.12. The molecule has 1 atom stereocenters. The second kappa shape index (κ2) is 3.54. The zero-order valence-corrected chi connectivity index (χ0v) is 9.07. The quantitative estimate of drug-likeness (QED) is 0.719. The van der Waals surface area contributed by atoms with Crippen LogP contribution in [-0.2, 0) is 4.79 Å². The van der Waals surface area contributed by atoms with E-state index in [4.69, 9.17) is 5.73 Å². The van der Waals surface area contributed by atoms with Crippen LogP contribution in [0.5, 0.6) is 0 Å². The van der Waals surface area contributed by atoms with Crippen LogP contribution in [0.3, 0.4) is 0 Å². The normalized spacial score (nSPS) is 32.7. The Morgan fingerprint density at radius 1 is 1.21 bits per heavy atom. The molecule has 0 radical (unpaired) electrons. The summed E-state index contributed by atoms with van der Waals surface area (Å²) in [5, 5.41) is 0. The number of carbonyl (C=O) groups is 1. The van der Waals surface area contributed by atoms with Crippen molar-refractivity contribution in [2.24, 2.45) is 11.7 Å². The molecule has 0 aromatic rings. The molecule has 2 N–H and O–H groups in total. The van der Waals surface area contributed by atoms with Crippen LogP contribution in [0.2, 0.25) is 0 Å². The summed E-state index contributed by atoms with van der Waals surface area (Å²) in [5.41, 5.74) is 5.90. The Labute approximate surface area is 85.6 Å². The van der Waals surface area contributed by atoms with Crippen LogP contribution in [-0.4, -0.2) is 28.9 Å². The Hall–Kier alpha value is -0.570. The standard InChI is InChI=1S/C11H20N2O/c1-7(2)10(12)11(14)13-8-3-4-9(13)6-5-8/h7-10H,3-6,12H2,1-2H3/t8?,9?,10-/m0/s1. The van der Waals surface area contributed by atoms with Crippen molar-refractivity contribution in [3.8, 4) is 0 Å². The van der Waals surface area contributed by atoms with E-state index in [2.05, 4.69) is 4.90 Å². The van der Waals surface area contributed by atoms with E-state index in [1.807, 2.05) is 13.8 Å². The largest absolute Gasteiger partial charge is 0.335 e. The molecule has 3 nitrogen and oxygen atoms in total. The summed E-state index contributed by atoms with van der Waals surface area (Å²) in [6, 6.07) is 0.728. The van der Waals surface area contributed by atoms with Gasteiger partial charge in [0, 0.05) is 12.1 Å². The van der Waals surface area contributed by atoms with Gasteiger partial charge in [-0.25, -0.2) is 0 Å². The minimum atomic E-state index is -0.295. The van der Waals surface area contributed by atoms with Gasteiger partial charge in [-0.1, -0.05) is 13.8 Å². The number of nitrogens with two attached hydrogens (primary N) is 1. The molecule has 2 saturated heterocycles. The van der Waals surface area contributed by atoms with Gasteiger partial charge in [0.05, 0.1) is 6.04 Å². The molecule has 0 saturated carbocycles. The van der Waals surface area contributed by atoms with Gasteiger partial charge >= 0.3 is 0 Å². The molecule has 0 aliphatic carbocycles. The maximum Gasteiger partial charge on any atom is 0.240 e. The van der Waals surface area contributed by atoms with Crippen LogP contribution in [0.25, 0.3) is 0 Å². The van der Waals surface area contributed by atoms with Crippen molar-refractivity contribution in [1.82, 2.24) is 4.90 Å². The zero-order valence-electron chi connectivity index (χ0n) is 9.07. The molecular weight excluding hydrogens is 176 g/mol. The lowest BCUT2D eigenvalue weighted by Crippen LogP contribution is -2.48. The lowest BCUT2D eigenvalue weighted by Gasteiger charge is -2.27. The fourth-order valence-electron chi connectivity index (χ4n) is 2.73. The molecule has 14 heavy (non-hydrogen) atoms. The molecule has 2 heterocycles. The highest BCUT2D eigenvalue weighted by atomic mass is 16.2. The van der Waals surface area contributed by atoms with Crippen LogP contribution in [0.15, 0.2) is 0 Å². The maximum atomic E-state index is 12.0. The van der Waals surface area contributed by atoms with E-state index in [9.17, 15) is 4.79 Å². The monoisotopic (exact) mass is 196 g/mol. The summed E-state index contributed by atoms with van der Waals surface area (Å²) < 4.78 is 0. The van der Waals surface area contributed by atoms with Crippen LogP contribution >= 0.6 is 0 Å². The molecule has 0 aromatic heterocycles. The number of carbonyl (C=O) groups excluding carboxylic acids is 1. The molecule has 0 spiro atoms. The highest BCUT2D eigenvalue weighted by molar-refractivity contribution is 5.83. The van der Waals surface area contributed by atoms with Gasteiger partial charge in [0.1, 0.15) is 0 Å². The first-order valence-corrected chi connectivity index (χ1v) is 5.69. The van der Waals surface area contributed by atoms with E-state index >= 15 is 0 Å². The molecule has 2 bridgehead atoms. The van der Waals surface area contributed by atoms with Crippen molar-refractivity contribution >= 4 is 5.91 Å². The highest BCUT2D eigenvalue weighted by Gasteiger charge is 2.43. The Balaban J connectivity index is 2.05. The van der Waals surface area contributed by atoms with Gasteiger partial charge < -0.3 is 10.6 Å². The van der Waals surface area contributed by atoms with Crippen molar-refractivity contribution < 1.29 is 4.79 Å². The Bertz CT molecular complexity index is 219. The molecule has 1 amide bonds. The van der Waals surface area contributed by atoms with Crippen molar-refractivity contribution in [2.75, 3.05) is 0 Å². The molecule has 0 aromatic carbocycles. The van der Waals surface area contributed by atoms with Gasteiger partial charge in [0.25, 0.3) is 0 Å². The number of amides is 1. The fraction of sp³-hybridized carbons (Fsp3) is 0.909. The average Bonchev–Trinajstić information content (AvgIpc) is 2.74. The Kier molecular flexibility index (Phi) is 2.52. The Morgan fingerprint density at radius 3 is 2.00 bits per heavy atom. The van der Waals surface area contributed by atoms with E-state index in [0.29, 0.717) is 12.1 Å². The van der Waals surface area contributed by atoms with Gasteiger partial charge in [0.15, 0.2) is 0 Å². The minimum Gasteiger partial charge on any atom is -0.335 e. The maximum absolute atomic E-state index is 12.0. The van der Waals surface area contributed by atoms with E-state index in [1.54, 1.807) is 0 Å².